The van der Waals surface area contributed by atoms with Crippen molar-refractivity contribution >= 4 is 27.6 Å². The van der Waals surface area contributed by atoms with Gasteiger partial charge in [-0.15, -0.1) is 0 Å². The largest absolute Gasteiger partial charge is 0.480 e. The highest BCUT2D eigenvalue weighted by atomic mass is 32.2. The Bertz CT molecular complexity index is 1230. The van der Waals surface area contributed by atoms with Crippen LogP contribution in [0, 0.1) is 11.7 Å². The Morgan fingerprint density at radius 1 is 1.06 bits per heavy atom. The number of nitrogens with one attached hydrogen (secondary N) is 2. The number of hydrogen-bond donors (Lipinski definition) is 3. The summed E-state index contributed by atoms with van der Waals surface area (Å²) in [4.78, 5) is 26.0. The molecule has 2 aromatic rings. The number of aliphatic carboxylic acids is 1. The second-order valence-electron chi connectivity index (χ2n) is 9.75. The molecule has 4 rings (SSSR count). The van der Waals surface area contributed by atoms with Gasteiger partial charge < -0.3 is 15.3 Å². The average molecular weight is 518 g/mol. The van der Waals surface area contributed by atoms with Gasteiger partial charge in [0.15, 0.2) is 0 Å². The van der Waals surface area contributed by atoms with E-state index in [1.165, 1.54) is 12.1 Å². The molecule has 1 heterocycles. The maximum Gasteiger partial charge on any atom is 0.326 e. The number of carbonyl (C=O) groups is 2. The number of carboxylic acids is 1. The number of rotatable bonds is 7. The molecule has 0 saturated heterocycles. The lowest BCUT2D eigenvalue weighted by Crippen LogP contribution is -2.42. The van der Waals surface area contributed by atoms with Crippen LogP contribution in [0.1, 0.15) is 56.2 Å². The van der Waals surface area contributed by atoms with Gasteiger partial charge in [-0.2, -0.15) is 0 Å². The summed E-state index contributed by atoms with van der Waals surface area (Å²) < 4.78 is 42.1. The highest BCUT2D eigenvalue weighted by Gasteiger charge is 2.32. The number of benzene rings is 2. The molecule has 10 heteroatoms. The number of likely N-dealkylation sites (N-methyl/N-ethyl adjacent to an activating group) is 1. The van der Waals surface area contributed by atoms with Crippen molar-refractivity contribution in [2.75, 3.05) is 11.9 Å². The number of sulfonamides is 1. The first-order valence-electron chi connectivity index (χ1n) is 12.2. The van der Waals surface area contributed by atoms with E-state index in [0.29, 0.717) is 44.2 Å². The molecule has 0 bridgehead atoms. The van der Waals surface area contributed by atoms with Crippen LogP contribution >= 0.6 is 0 Å². The second-order valence-corrected chi connectivity index (χ2v) is 11.5. The van der Waals surface area contributed by atoms with Crippen LogP contribution in [0.5, 0.6) is 0 Å². The first-order valence-corrected chi connectivity index (χ1v) is 13.7. The standard InChI is InChI=1S/C26H32FN3O5S/c1-16(17-3-9-20(27)10-4-17)28-25(31)19-5-11-21(12-6-19)29-36(34,35)22-13-7-18-8-14-23(26(32)33)30(2)24(18)15-22/h3-4,7,9-10,13,15-16,19,21,23,29H,5-6,8,11-12,14H2,1-2H3,(H,28,31)(H,32,33)/t16-,19-,21-,23+/m1/s1. The van der Waals surface area contributed by atoms with E-state index in [-0.39, 0.29) is 34.6 Å². The summed E-state index contributed by atoms with van der Waals surface area (Å²) in [7, 11) is -2.14. The van der Waals surface area contributed by atoms with Gasteiger partial charge in [0.25, 0.3) is 0 Å². The molecular formula is C26H32FN3O5S. The summed E-state index contributed by atoms with van der Waals surface area (Å²) in [6.45, 7) is 1.85. The summed E-state index contributed by atoms with van der Waals surface area (Å²) in [5.74, 6) is -1.55. The normalized spacial score (nSPS) is 23.0. The zero-order valence-electron chi connectivity index (χ0n) is 20.4. The Morgan fingerprint density at radius 2 is 1.72 bits per heavy atom. The number of amides is 1. The lowest BCUT2D eigenvalue weighted by atomic mass is 9.85. The minimum Gasteiger partial charge on any atom is -0.480 e. The van der Waals surface area contributed by atoms with Gasteiger partial charge in [-0.3, -0.25) is 4.79 Å². The summed E-state index contributed by atoms with van der Waals surface area (Å²) >= 11 is 0. The Kier molecular flexibility index (Phi) is 7.65. The van der Waals surface area contributed by atoms with Crippen molar-refractivity contribution in [3.63, 3.8) is 0 Å². The van der Waals surface area contributed by atoms with Crippen LogP contribution in [0.15, 0.2) is 47.4 Å². The van der Waals surface area contributed by atoms with Gasteiger partial charge in [-0.1, -0.05) is 18.2 Å². The number of fused-ring (bicyclic) bond motifs is 1. The lowest BCUT2D eigenvalue weighted by Gasteiger charge is -2.34. The smallest absolute Gasteiger partial charge is 0.326 e. The number of anilines is 1. The topological polar surface area (TPSA) is 116 Å². The average Bonchev–Trinajstić information content (AvgIpc) is 2.84. The minimum absolute atomic E-state index is 0.0844. The molecule has 1 aliphatic heterocycles. The van der Waals surface area contributed by atoms with Crippen molar-refractivity contribution < 1.29 is 27.5 Å². The molecule has 2 aliphatic rings. The molecule has 1 fully saturated rings. The molecule has 1 saturated carbocycles. The van der Waals surface area contributed by atoms with Crippen molar-refractivity contribution in [2.45, 2.75) is 68.5 Å². The number of aryl methyl sites for hydroxylation is 1. The van der Waals surface area contributed by atoms with Gasteiger partial charge in [0, 0.05) is 24.7 Å². The second kappa shape index (κ2) is 10.6. The van der Waals surface area contributed by atoms with E-state index in [4.69, 9.17) is 0 Å². The first kappa shape index (κ1) is 26.1. The number of carbonyl (C=O) groups excluding carboxylic acids is 1. The van der Waals surface area contributed by atoms with Crippen LogP contribution in [0.25, 0.3) is 0 Å². The van der Waals surface area contributed by atoms with Crippen molar-refractivity contribution in [3.05, 3.63) is 59.4 Å². The third-order valence-corrected chi connectivity index (χ3v) is 8.85. The van der Waals surface area contributed by atoms with Crippen LogP contribution in [-0.2, 0) is 26.0 Å². The monoisotopic (exact) mass is 517 g/mol. The van der Waals surface area contributed by atoms with Crippen molar-refractivity contribution in [1.82, 2.24) is 10.0 Å². The molecule has 8 nitrogen and oxygen atoms in total. The minimum atomic E-state index is -3.81. The number of hydrogen-bond acceptors (Lipinski definition) is 5. The SMILES string of the molecule is C[C@@H](NC(=O)[C@H]1CC[C@H](NS(=O)(=O)c2ccc3c(c2)N(C)[C@H](C(=O)O)CC3)CC1)c1ccc(F)cc1. The molecule has 1 aliphatic carbocycles. The maximum atomic E-state index is 13.1. The van der Waals surface area contributed by atoms with Crippen molar-refractivity contribution in [2.24, 2.45) is 5.92 Å². The zero-order chi connectivity index (χ0) is 26.0. The van der Waals surface area contributed by atoms with E-state index in [1.807, 2.05) is 6.92 Å². The van der Waals surface area contributed by atoms with Gasteiger partial charge in [0.05, 0.1) is 10.9 Å². The quantitative estimate of drug-likeness (QED) is 0.519. The van der Waals surface area contributed by atoms with E-state index in [9.17, 15) is 27.5 Å². The zero-order valence-corrected chi connectivity index (χ0v) is 21.2. The maximum absolute atomic E-state index is 13.1. The molecule has 0 unspecified atom stereocenters. The summed E-state index contributed by atoms with van der Waals surface area (Å²) in [5.41, 5.74) is 2.36. The Labute approximate surface area is 210 Å². The van der Waals surface area contributed by atoms with E-state index < -0.39 is 22.0 Å². The highest BCUT2D eigenvalue weighted by Crippen LogP contribution is 2.32. The molecule has 2 atom stereocenters. The highest BCUT2D eigenvalue weighted by molar-refractivity contribution is 7.89. The fraction of sp³-hybridized carbons (Fsp3) is 0.462. The van der Waals surface area contributed by atoms with E-state index >= 15 is 0 Å². The number of nitrogens with zero attached hydrogens (tertiary/aromatic N) is 1. The number of halogens is 1. The van der Waals surface area contributed by atoms with Crippen molar-refractivity contribution in [1.29, 1.82) is 0 Å². The van der Waals surface area contributed by atoms with Crippen LogP contribution in [0.2, 0.25) is 0 Å². The van der Waals surface area contributed by atoms with Crippen LogP contribution in [-0.4, -0.2) is 44.5 Å². The molecular weight excluding hydrogens is 485 g/mol. The predicted octanol–water partition coefficient (Wildman–Crippen LogP) is 3.38. The van der Waals surface area contributed by atoms with Crippen LogP contribution in [0.3, 0.4) is 0 Å². The molecule has 0 spiro atoms. The molecule has 0 aromatic heterocycles. The molecule has 194 valence electrons. The first-order chi connectivity index (χ1) is 17.0. The van der Waals surface area contributed by atoms with Gasteiger partial charge in [-0.25, -0.2) is 22.3 Å². The van der Waals surface area contributed by atoms with E-state index in [2.05, 4.69) is 10.0 Å². The predicted molar refractivity (Wildman–Crippen MR) is 134 cm³/mol. The summed E-state index contributed by atoms with van der Waals surface area (Å²) in [6, 6.07) is 9.65. The molecule has 1 amide bonds. The number of carboxylic acid groups (broad SMARTS) is 1. The summed E-state index contributed by atoms with van der Waals surface area (Å²) in [5, 5.41) is 12.4. The third-order valence-electron chi connectivity index (χ3n) is 7.34. The van der Waals surface area contributed by atoms with Gasteiger partial charge in [0.2, 0.25) is 15.9 Å². The van der Waals surface area contributed by atoms with Crippen molar-refractivity contribution in [3.8, 4) is 0 Å². The van der Waals surface area contributed by atoms with E-state index in [1.54, 1.807) is 42.3 Å². The summed E-state index contributed by atoms with van der Waals surface area (Å²) in [6.07, 6.45) is 3.24. The van der Waals surface area contributed by atoms with Gasteiger partial charge >= 0.3 is 5.97 Å². The Hall–Kier alpha value is -2.98. The lowest BCUT2D eigenvalue weighted by molar-refractivity contribution is -0.138. The van der Waals surface area contributed by atoms with Crippen LogP contribution < -0.4 is 14.9 Å². The molecule has 0 radical (unpaired) electrons. The van der Waals surface area contributed by atoms with Gasteiger partial charge in [0.1, 0.15) is 11.9 Å². The fourth-order valence-electron chi connectivity index (χ4n) is 5.12. The van der Waals surface area contributed by atoms with Gasteiger partial charge in [-0.05, 0) is 80.8 Å². The third kappa shape index (κ3) is 5.70. The Morgan fingerprint density at radius 3 is 2.36 bits per heavy atom. The van der Waals surface area contributed by atoms with E-state index in [0.717, 1.165) is 11.1 Å². The molecule has 3 N–H and O–H groups in total. The molecule has 36 heavy (non-hydrogen) atoms. The molecule has 2 aromatic carbocycles. The van der Waals surface area contributed by atoms with Crippen LogP contribution in [0.4, 0.5) is 10.1 Å². The Balaban J connectivity index is 1.34. The fourth-order valence-corrected chi connectivity index (χ4v) is 6.44.